The molecule has 2 aromatic carbocycles. The Morgan fingerprint density at radius 2 is 1.26 bits per heavy atom. The van der Waals surface area contributed by atoms with Gasteiger partial charge in [-0.1, -0.05) is 20.8 Å². The molecule has 2 aliphatic carbocycles. The predicted octanol–water partition coefficient (Wildman–Crippen LogP) is 4.71. The highest BCUT2D eigenvalue weighted by Gasteiger charge is 2.69. The number of fused-ring (bicyclic) bond motifs is 2. The van der Waals surface area contributed by atoms with E-state index in [0.717, 1.165) is 12.8 Å². The number of carbonyl (C=O) groups excluding carboxylic acids is 2. The SMILES string of the molecule is CC1(C)C2CCC1(C)C(OC(=O)c1ccc([N+](=O)[O-])cc1)C2OC(=O)c1ccc([N+](=O)[O-])cc1. The Hall–Kier alpha value is -3.82. The van der Waals surface area contributed by atoms with Crippen molar-refractivity contribution >= 4 is 23.3 Å². The van der Waals surface area contributed by atoms with E-state index in [4.69, 9.17) is 9.47 Å². The molecule has 0 saturated heterocycles. The number of ether oxygens (including phenoxy) is 2. The van der Waals surface area contributed by atoms with E-state index < -0.39 is 39.4 Å². The van der Waals surface area contributed by atoms with Gasteiger partial charge >= 0.3 is 11.9 Å². The van der Waals surface area contributed by atoms with Crippen LogP contribution in [0.25, 0.3) is 0 Å². The zero-order chi connectivity index (χ0) is 24.8. The van der Waals surface area contributed by atoms with Crippen LogP contribution in [-0.2, 0) is 9.47 Å². The highest BCUT2D eigenvalue weighted by Crippen LogP contribution is 2.67. The Kier molecular flexibility index (Phi) is 5.63. The number of nitro benzene ring substituents is 2. The molecule has 10 nitrogen and oxygen atoms in total. The standard InChI is InChI=1S/C24H24N2O8/c1-23(2)18-12-13-24(23,3)20(34-22(28)15-6-10-17(11-7-15)26(31)32)19(18)33-21(27)14-4-8-16(9-5-14)25(29)30/h4-11,18-20H,12-13H2,1-3H3. The lowest BCUT2D eigenvalue weighted by Gasteiger charge is -2.38. The van der Waals surface area contributed by atoms with Gasteiger partial charge in [-0.15, -0.1) is 0 Å². The molecule has 34 heavy (non-hydrogen) atoms. The summed E-state index contributed by atoms with van der Waals surface area (Å²) in [5.74, 6) is -1.35. The van der Waals surface area contributed by atoms with Crippen LogP contribution >= 0.6 is 0 Å². The van der Waals surface area contributed by atoms with Gasteiger partial charge in [0.15, 0.2) is 0 Å². The minimum Gasteiger partial charge on any atom is -0.454 e. The average Bonchev–Trinajstić information content (AvgIpc) is 3.12. The summed E-state index contributed by atoms with van der Waals surface area (Å²) in [6.45, 7) is 6.15. The molecule has 0 spiro atoms. The van der Waals surface area contributed by atoms with E-state index >= 15 is 0 Å². The molecule has 0 N–H and O–H groups in total. The molecule has 0 aliphatic heterocycles. The minimum absolute atomic E-state index is 0.0471. The average molecular weight is 468 g/mol. The van der Waals surface area contributed by atoms with E-state index in [0.29, 0.717) is 0 Å². The van der Waals surface area contributed by atoms with Gasteiger partial charge in [0, 0.05) is 35.6 Å². The van der Waals surface area contributed by atoms with Gasteiger partial charge < -0.3 is 9.47 Å². The van der Waals surface area contributed by atoms with E-state index in [2.05, 4.69) is 13.8 Å². The molecule has 0 amide bonds. The number of esters is 2. The lowest BCUT2D eigenvalue weighted by atomic mass is 9.70. The first-order valence-electron chi connectivity index (χ1n) is 10.9. The van der Waals surface area contributed by atoms with Crippen LogP contribution in [0.4, 0.5) is 11.4 Å². The molecule has 0 radical (unpaired) electrons. The van der Waals surface area contributed by atoms with Gasteiger partial charge in [0.2, 0.25) is 0 Å². The molecular weight excluding hydrogens is 444 g/mol. The maximum absolute atomic E-state index is 12.9. The number of hydrogen-bond acceptors (Lipinski definition) is 8. The lowest BCUT2D eigenvalue weighted by Crippen LogP contribution is -2.45. The summed E-state index contributed by atoms with van der Waals surface area (Å²) in [7, 11) is 0. The van der Waals surface area contributed by atoms with E-state index in [1.807, 2.05) is 6.92 Å². The molecule has 2 saturated carbocycles. The van der Waals surface area contributed by atoms with Crippen LogP contribution in [0.2, 0.25) is 0 Å². The minimum atomic E-state index is -0.717. The molecule has 0 aromatic heterocycles. The van der Waals surface area contributed by atoms with E-state index in [9.17, 15) is 29.8 Å². The smallest absolute Gasteiger partial charge is 0.338 e. The Bertz CT molecular complexity index is 1160. The molecule has 4 unspecified atom stereocenters. The summed E-state index contributed by atoms with van der Waals surface area (Å²) in [6, 6.07) is 10.3. The normalized spacial score (nSPS) is 26.6. The van der Waals surface area contributed by atoms with Crippen LogP contribution in [-0.4, -0.2) is 34.0 Å². The summed E-state index contributed by atoms with van der Waals surface area (Å²) in [5, 5.41) is 21.8. The second-order valence-corrected chi connectivity index (χ2v) is 9.59. The van der Waals surface area contributed by atoms with Crippen molar-refractivity contribution in [3.63, 3.8) is 0 Å². The maximum Gasteiger partial charge on any atom is 0.338 e. The molecular formula is C24H24N2O8. The third-order valence-electron chi connectivity index (χ3n) is 7.80. The topological polar surface area (TPSA) is 139 Å². The largest absolute Gasteiger partial charge is 0.454 e. The summed E-state index contributed by atoms with van der Waals surface area (Å²) < 4.78 is 11.8. The fourth-order valence-electron chi connectivity index (χ4n) is 5.37. The molecule has 0 heterocycles. The van der Waals surface area contributed by atoms with Gasteiger partial charge in [-0.2, -0.15) is 0 Å². The number of hydrogen-bond donors (Lipinski definition) is 0. The Morgan fingerprint density at radius 1 is 0.824 bits per heavy atom. The number of nitrogens with zero attached hydrogens (tertiary/aromatic N) is 2. The number of carbonyl (C=O) groups is 2. The number of nitro groups is 2. The first-order chi connectivity index (χ1) is 16.0. The number of benzene rings is 2. The van der Waals surface area contributed by atoms with Crippen LogP contribution in [0, 0.1) is 37.0 Å². The predicted molar refractivity (Wildman–Crippen MR) is 119 cm³/mol. The van der Waals surface area contributed by atoms with Crippen LogP contribution in [0.3, 0.4) is 0 Å². The first kappa shape index (κ1) is 23.3. The molecule has 2 fully saturated rings. The van der Waals surface area contributed by atoms with Crippen molar-refractivity contribution in [3.05, 3.63) is 79.9 Å². The Labute approximate surface area is 195 Å². The van der Waals surface area contributed by atoms with Crippen molar-refractivity contribution in [2.24, 2.45) is 16.7 Å². The fourth-order valence-corrected chi connectivity index (χ4v) is 5.37. The summed E-state index contributed by atoms with van der Waals surface area (Å²) in [6.07, 6.45) is 0.172. The van der Waals surface area contributed by atoms with Crippen molar-refractivity contribution in [2.75, 3.05) is 0 Å². The summed E-state index contributed by atoms with van der Waals surface area (Å²) >= 11 is 0. The molecule has 2 bridgehead atoms. The number of non-ortho nitro benzene ring substituents is 2. The molecule has 4 atom stereocenters. The third kappa shape index (κ3) is 3.68. The maximum atomic E-state index is 12.9. The Morgan fingerprint density at radius 3 is 1.71 bits per heavy atom. The number of rotatable bonds is 6. The van der Waals surface area contributed by atoms with E-state index in [1.54, 1.807) is 0 Å². The van der Waals surface area contributed by atoms with E-state index in [-0.39, 0.29) is 33.8 Å². The van der Waals surface area contributed by atoms with E-state index in [1.165, 1.54) is 48.5 Å². The Balaban J connectivity index is 1.57. The van der Waals surface area contributed by atoms with Gasteiger partial charge in [0.1, 0.15) is 12.2 Å². The summed E-state index contributed by atoms with van der Waals surface area (Å²) in [5.41, 5.74) is -0.686. The first-order valence-corrected chi connectivity index (χ1v) is 10.9. The quantitative estimate of drug-likeness (QED) is 0.337. The van der Waals surface area contributed by atoms with Gasteiger partial charge in [-0.3, -0.25) is 20.2 Å². The second kappa shape index (κ2) is 8.19. The van der Waals surface area contributed by atoms with Crippen LogP contribution in [0.15, 0.2) is 48.5 Å². The summed E-state index contributed by atoms with van der Waals surface area (Å²) in [4.78, 5) is 46.5. The molecule has 4 rings (SSSR count). The fraction of sp³-hybridized carbons (Fsp3) is 0.417. The van der Waals surface area contributed by atoms with Crippen molar-refractivity contribution < 1.29 is 28.9 Å². The molecule has 10 heteroatoms. The van der Waals surface area contributed by atoms with Crippen molar-refractivity contribution in [1.82, 2.24) is 0 Å². The molecule has 178 valence electrons. The lowest BCUT2D eigenvalue weighted by molar-refractivity contribution is -0.385. The zero-order valence-corrected chi connectivity index (χ0v) is 18.9. The second-order valence-electron chi connectivity index (χ2n) is 9.59. The molecule has 2 aliphatic rings. The van der Waals surface area contributed by atoms with Crippen LogP contribution in [0.5, 0.6) is 0 Å². The van der Waals surface area contributed by atoms with Crippen molar-refractivity contribution in [3.8, 4) is 0 Å². The van der Waals surface area contributed by atoms with Crippen molar-refractivity contribution in [1.29, 1.82) is 0 Å². The van der Waals surface area contributed by atoms with Gasteiger partial charge in [0.05, 0.1) is 21.0 Å². The van der Waals surface area contributed by atoms with Crippen LogP contribution in [0.1, 0.15) is 54.3 Å². The van der Waals surface area contributed by atoms with Gasteiger partial charge in [0.25, 0.3) is 11.4 Å². The van der Waals surface area contributed by atoms with Crippen molar-refractivity contribution in [2.45, 2.75) is 45.8 Å². The van der Waals surface area contributed by atoms with Gasteiger partial charge in [-0.25, -0.2) is 9.59 Å². The third-order valence-corrected chi connectivity index (χ3v) is 7.80. The monoisotopic (exact) mass is 468 g/mol. The van der Waals surface area contributed by atoms with Crippen LogP contribution < -0.4 is 0 Å². The highest BCUT2D eigenvalue weighted by atomic mass is 16.6. The van der Waals surface area contributed by atoms with Gasteiger partial charge in [-0.05, 0) is 42.5 Å². The zero-order valence-electron chi connectivity index (χ0n) is 18.9. The highest BCUT2D eigenvalue weighted by molar-refractivity contribution is 5.91. The molecule has 2 aromatic rings.